The molecule has 0 unspecified atom stereocenters. The molecule has 0 radical (unpaired) electrons. The molecule has 1 N–H and O–H groups in total. The van der Waals surface area contributed by atoms with Gasteiger partial charge in [-0.25, -0.2) is 9.97 Å². The zero-order chi connectivity index (χ0) is 11.0. The highest BCUT2D eigenvalue weighted by Gasteiger charge is 2.29. The van der Waals surface area contributed by atoms with Crippen molar-refractivity contribution in [2.45, 2.75) is 51.4 Å². The topological polar surface area (TPSA) is 37.8 Å². The van der Waals surface area contributed by atoms with Crippen LogP contribution < -0.4 is 5.32 Å². The van der Waals surface area contributed by atoms with Crippen molar-refractivity contribution in [2.75, 3.05) is 11.9 Å². The highest BCUT2D eigenvalue weighted by atomic mass is 15.0. The average Bonchev–Trinajstić information content (AvgIpc) is 3.13. The first-order valence-electron chi connectivity index (χ1n) is 6.52. The Morgan fingerprint density at radius 1 is 1.19 bits per heavy atom. The summed E-state index contributed by atoms with van der Waals surface area (Å²) >= 11 is 0. The Balaban J connectivity index is 2.01. The van der Waals surface area contributed by atoms with E-state index >= 15 is 0 Å². The predicted molar refractivity (Wildman–Crippen MR) is 64.8 cm³/mol. The number of nitrogens with zero attached hydrogens (tertiary/aromatic N) is 2. The van der Waals surface area contributed by atoms with E-state index in [4.69, 9.17) is 9.97 Å². The van der Waals surface area contributed by atoms with E-state index in [2.05, 4.69) is 12.2 Å². The Morgan fingerprint density at radius 3 is 2.75 bits per heavy atom. The van der Waals surface area contributed by atoms with Gasteiger partial charge in [-0.05, 0) is 45.4 Å². The number of hydrogen-bond acceptors (Lipinski definition) is 3. The van der Waals surface area contributed by atoms with E-state index in [-0.39, 0.29) is 0 Å². The monoisotopic (exact) mass is 217 g/mol. The van der Waals surface area contributed by atoms with E-state index in [1.54, 1.807) is 0 Å². The predicted octanol–water partition coefficient (Wildman–Crippen LogP) is 2.66. The lowest BCUT2D eigenvalue weighted by atomic mass is 9.96. The Morgan fingerprint density at radius 2 is 2.00 bits per heavy atom. The van der Waals surface area contributed by atoms with Crippen LogP contribution >= 0.6 is 0 Å². The molecule has 1 heterocycles. The summed E-state index contributed by atoms with van der Waals surface area (Å²) in [7, 11) is 0. The van der Waals surface area contributed by atoms with Gasteiger partial charge in [0.15, 0.2) is 0 Å². The van der Waals surface area contributed by atoms with Gasteiger partial charge in [-0.1, -0.05) is 0 Å². The van der Waals surface area contributed by atoms with Crippen molar-refractivity contribution in [3.8, 4) is 0 Å². The fourth-order valence-corrected chi connectivity index (χ4v) is 2.45. The van der Waals surface area contributed by atoms with Gasteiger partial charge >= 0.3 is 0 Å². The van der Waals surface area contributed by atoms with Gasteiger partial charge in [-0.3, -0.25) is 0 Å². The summed E-state index contributed by atoms with van der Waals surface area (Å²) in [6, 6.07) is 0. The summed E-state index contributed by atoms with van der Waals surface area (Å²) in [5.74, 6) is 2.87. The van der Waals surface area contributed by atoms with Crippen molar-refractivity contribution in [2.24, 2.45) is 0 Å². The fourth-order valence-electron chi connectivity index (χ4n) is 2.45. The summed E-state index contributed by atoms with van der Waals surface area (Å²) in [5.41, 5.74) is 2.71. The first-order chi connectivity index (χ1) is 7.88. The van der Waals surface area contributed by atoms with Gasteiger partial charge in [0.05, 0.1) is 0 Å². The molecule has 2 aliphatic rings. The molecule has 3 rings (SSSR count). The van der Waals surface area contributed by atoms with Gasteiger partial charge in [-0.2, -0.15) is 0 Å². The zero-order valence-electron chi connectivity index (χ0n) is 9.92. The molecule has 1 fully saturated rings. The molecule has 1 aromatic rings. The lowest BCUT2D eigenvalue weighted by Crippen LogP contribution is -2.14. The number of aryl methyl sites for hydroxylation is 1. The molecule has 0 bridgehead atoms. The third kappa shape index (κ3) is 1.79. The Labute approximate surface area is 96.7 Å². The summed E-state index contributed by atoms with van der Waals surface area (Å²) in [6.45, 7) is 3.09. The first-order valence-corrected chi connectivity index (χ1v) is 6.52. The van der Waals surface area contributed by atoms with Crippen molar-refractivity contribution in [1.82, 2.24) is 9.97 Å². The molecule has 0 atom stereocenters. The molecule has 0 spiro atoms. The van der Waals surface area contributed by atoms with Crippen LogP contribution in [-0.4, -0.2) is 16.5 Å². The van der Waals surface area contributed by atoms with Crippen LogP contribution in [0.15, 0.2) is 0 Å². The summed E-state index contributed by atoms with van der Waals surface area (Å²) in [5, 5.41) is 3.41. The maximum absolute atomic E-state index is 4.77. The molecule has 0 amide bonds. The minimum absolute atomic E-state index is 0.657. The van der Waals surface area contributed by atoms with Crippen molar-refractivity contribution in [1.29, 1.82) is 0 Å². The largest absolute Gasteiger partial charge is 0.370 e. The lowest BCUT2D eigenvalue weighted by molar-refractivity contribution is 0.655. The first kappa shape index (κ1) is 10.1. The molecule has 0 saturated heterocycles. The number of rotatable bonds is 3. The van der Waals surface area contributed by atoms with Gasteiger partial charge in [-0.15, -0.1) is 0 Å². The minimum Gasteiger partial charge on any atom is -0.370 e. The maximum Gasteiger partial charge on any atom is 0.134 e. The van der Waals surface area contributed by atoms with Crippen molar-refractivity contribution in [3.63, 3.8) is 0 Å². The third-order valence-electron chi connectivity index (χ3n) is 3.49. The number of nitrogens with one attached hydrogen (secondary N) is 1. The quantitative estimate of drug-likeness (QED) is 0.845. The molecule has 1 saturated carbocycles. The highest BCUT2D eigenvalue weighted by molar-refractivity contribution is 5.48. The normalized spacial score (nSPS) is 19.3. The van der Waals surface area contributed by atoms with Crippen LogP contribution in [0.2, 0.25) is 0 Å². The van der Waals surface area contributed by atoms with Crippen molar-refractivity contribution >= 4 is 5.82 Å². The molecule has 0 aromatic carbocycles. The second-order valence-electron chi connectivity index (χ2n) is 4.87. The average molecular weight is 217 g/mol. The van der Waals surface area contributed by atoms with Crippen LogP contribution in [0.1, 0.15) is 55.6 Å². The van der Waals surface area contributed by atoms with Crippen LogP contribution in [0, 0.1) is 0 Å². The van der Waals surface area contributed by atoms with Gasteiger partial charge in [0.25, 0.3) is 0 Å². The molecule has 1 aromatic heterocycles. The standard InChI is InChI=1S/C13H19N3/c1-2-14-13-10-5-3-4-6-11(10)15-12(16-13)9-7-8-9/h9H,2-8H2,1H3,(H,14,15,16). The minimum atomic E-state index is 0.657. The molecule has 16 heavy (non-hydrogen) atoms. The molecule has 86 valence electrons. The van der Waals surface area contributed by atoms with Gasteiger partial charge < -0.3 is 5.32 Å². The van der Waals surface area contributed by atoms with Crippen LogP contribution in [0.3, 0.4) is 0 Å². The summed E-state index contributed by atoms with van der Waals surface area (Å²) in [4.78, 5) is 9.48. The molecule has 0 aliphatic heterocycles. The van der Waals surface area contributed by atoms with Crippen molar-refractivity contribution in [3.05, 3.63) is 17.1 Å². The van der Waals surface area contributed by atoms with Crippen LogP contribution in [0.25, 0.3) is 0 Å². The van der Waals surface area contributed by atoms with Gasteiger partial charge in [0, 0.05) is 23.7 Å². The third-order valence-corrected chi connectivity index (χ3v) is 3.49. The van der Waals surface area contributed by atoms with E-state index in [9.17, 15) is 0 Å². The molecule has 2 aliphatic carbocycles. The van der Waals surface area contributed by atoms with E-state index in [0.717, 1.165) is 31.0 Å². The van der Waals surface area contributed by atoms with Gasteiger partial charge in [0.2, 0.25) is 0 Å². The summed E-state index contributed by atoms with van der Waals surface area (Å²) < 4.78 is 0. The Kier molecular flexibility index (Phi) is 2.54. The fraction of sp³-hybridized carbons (Fsp3) is 0.692. The molecule has 3 heteroatoms. The van der Waals surface area contributed by atoms with E-state index in [0.29, 0.717) is 5.92 Å². The molecule has 3 nitrogen and oxygen atoms in total. The highest BCUT2D eigenvalue weighted by Crippen LogP contribution is 2.39. The van der Waals surface area contributed by atoms with E-state index in [1.165, 1.54) is 36.9 Å². The maximum atomic E-state index is 4.77. The number of aromatic nitrogens is 2. The Hall–Kier alpha value is -1.12. The second kappa shape index (κ2) is 4.04. The number of anilines is 1. The SMILES string of the molecule is CCNc1nc(C2CC2)nc2c1CCCC2. The molecular weight excluding hydrogens is 198 g/mol. The second-order valence-corrected chi connectivity index (χ2v) is 4.87. The van der Waals surface area contributed by atoms with Crippen LogP contribution in [0.4, 0.5) is 5.82 Å². The smallest absolute Gasteiger partial charge is 0.134 e. The Bertz CT molecular complexity index is 396. The van der Waals surface area contributed by atoms with E-state index in [1.807, 2.05) is 0 Å². The van der Waals surface area contributed by atoms with Crippen LogP contribution in [-0.2, 0) is 12.8 Å². The van der Waals surface area contributed by atoms with Gasteiger partial charge in [0.1, 0.15) is 11.6 Å². The summed E-state index contributed by atoms with van der Waals surface area (Å²) in [6.07, 6.45) is 7.45. The van der Waals surface area contributed by atoms with Crippen molar-refractivity contribution < 1.29 is 0 Å². The molecular formula is C13H19N3. The number of fused-ring (bicyclic) bond motifs is 1. The van der Waals surface area contributed by atoms with Crippen LogP contribution in [0.5, 0.6) is 0 Å². The number of hydrogen-bond donors (Lipinski definition) is 1. The van der Waals surface area contributed by atoms with E-state index < -0.39 is 0 Å². The zero-order valence-corrected chi connectivity index (χ0v) is 9.92. The lowest BCUT2D eigenvalue weighted by Gasteiger charge is -2.19.